The van der Waals surface area contributed by atoms with Gasteiger partial charge in [-0.05, 0) is 52.0 Å². The number of amides is 1. The molecule has 2 unspecified atom stereocenters. The molecule has 2 N–H and O–H groups in total. The molecule has 2 aliphatic rings. The quantitative estimate of drug-likeness (QED) is 0.801. The summed E-state index contributed by atoms with van der Waals surface area (Å²) in [6.45, 7) is 5.22. The Morgan fingerprint density at radius 2 is 1.78 bits per heavy atom. The molecule has 0 bridgehead atoms. The lowest BCUT2D eigenvalue weighted by atomic mass is 9.91. The summed E-state index contributed by atoms with van der Waals surface area (Å²) >= 11 is 0. The molecule has 2 atom stereocenters. The van der Waals surface area contributed by atoms with Gasteiger partial charge in [-0.3, -0.25) is 4.79 Å². The molecule has 0 aromatic heterocycles. The van der Waals surface area contributed by atoms with Crippen LogP contribution in [0.5, 0.6) is 0 Å². The third-order valence-corrected chi connectivity index (χ3v) is 4.09. The predicted octanol–water partition coefficient (Wildman–Crippen LogP) is 1.59. The molecule has 4 heteroatoms. The summed E-state index contributed by atoms with van der Waals surface area (Å²) in [4.78, 5) is 12.0. The molecular formula is C14H26N2O2. The highest BCUT2D eigenvalue weighted by molar-refractivity contribution is 5.81. The van der Waals surface area contributed by atoms with Crippen LogP contribution in [0.1, 0.15) is 52.4 Å². The van der Waals surface area contributed by atoms with Crippen molar-refractivity contribution in [2.75, 3.05) is 6.54 Å². The predicted molar refractivity (Wildman–Crippen MR) is 71.4 cm³/mol. The van der Waals surface area contributed by atoms with E-state index in [1.54, 1.807) is 0 Å². The van der Waals surface area contributed by atoms with E-state index in [1.165, 1.54) is 12.8 Å². The van der Waals surface area contributed by atoms with Crippen molar-refractivity contribution in [3.8, 4) is 0 Å². The van der Waals surface area contributed by atoms with Gasteiger partial charge in [0.1, 0.15) is 6.10 Å². The van der Waals surface area contributed by atoms with Gasteiger partial charge in [-0.2, -0.15) is 0 Å². The minimum atomic E-state index is -0.202. The summed E-state index contributed by atoms with van der Waals surface area (Å²) < 4.78 is 5.60. The van der Waals surface area contributed by atoms with Crippen LogP contribution in [0.4, 0.5) is 0 Å². The molecule has 18 heavy (non-hydrogen) atoms. The Hall–Kier alpha value is -0.610. The van der Waals surface area contributed by atoms with Crippen molar-refractivity contribution in [3.63, 3.8) is 0 Å². The minimum absolute atomic E-state index is 0.103. The van der Waals surface area contributed by atoms with Gasteiger partial charge >= 0.3 is 0 Å². The fourth-order valence-corrected chi connectivity index (χ4v) is 3.02. The topological polar surface area (TPSA) is 50.4 Å². The largest absolute Gasteiger partial charge is 0.365 e. The highest BCUT2D eigenvalue weighted by Gasteiger charge is 2.30. The van der Waals surface area contributed by atoms with Crippen molar-refractivity contribution in [2.24, 2.45) is 0 Å². The molecule has 104 valence electrons. The Balaban J connectivity index is 1.69. The smallest absolute Gasteiger partial charge is 0.249 e. The molecule has 1 amide bonds. The number of rotatable bonds is 4. The van der Waals surface area contributed by atoms with Gasteiger partial charge in [-0.15, -0.1) is 0 Å². The summed E-state index contributed by atoms with van der Waals surface area (Å²) in [7, 11) is 0. The number of ether oxygens (including phenoxy) is 1. The van der Waals surface area contributed by atoms with E-state index in [4.69, 9.17) is 4.74 Å². The van der Waals surface area contributed by atoms with Crippen molar-refractivity contribution in [1.82, 2.24) is 10.6 Å². The van der Waals surface area contributed by atoms with Gasteiger partial charge in [-0.25, -0.2) is 0 Å². The van der Waals surface area contributed by atoms with Gasteiger partial charge in [0.2, 0.25) is 5.91 Å². The maximum atomic E-state index is 12.0. The summed E-state index contributed by atoms with van der Waals surface area (Å²) in [5.74, 6) is 0.103. The summed E-state index contributed by atoms with van der Waals surface area (Å²) in [6.07, 6.45) is 6.43. The molecule has 1 saturated carbocycles. The zero-order chi connectivity index (χ0) is 13.0. The molecular weight excluding hydrogens is 228 g/mol. The molecule has 1 aliphatic heterocycles. The van der Waals surface area contributed by atoms with Gasteiger partial charge < -0.3 is 15.4 Å². The molecule has 0 aromatic rings. The zero-order valence-corrected chi connectivity index (χ0v) is 11.6. The second kappa shape index (κ2) is 6.53. The lowest BCUT2D eigenvalue weighted by Crippen LogP contribution is -2.45. The highest BCUT2D eigenvalue weighted by Crippen LogP contribution is 2.22. The van der Waals surface area contributed by atoms with E-state index in [0.717, 1.165) is 32.2 Å². The normalized spacial score (nSPS) is 36.6. The summed E-state index contributed by atoms with van der Waals surface area (Å²) in [5.41, 5.74) is 0. The molecule has 0 spiro atoms. The lowest BCUT2D eigenvalue weighted by molar-refractivity contribution is -0.132. The number of carbonyl (C=O) groups is 1. The van der Waals surface area contributed by atoms with Gasteiger partial charge in [0.25, 0.3) is 0 Å². The first kappa shape index (κ1) is 13.8. The fraction of sp³-hybridized carbons (Fsp3) is 0.929. The van der Waals surface area contributed by atoms with Crippen molar-refractivity contribution >= 4 is 5.91 Å². The highest BCUT2D eigenvalue weighted by atomic mass is 16.5. The molecule has 2 fully saturated rings. The first-order chi connectivity index (χ1) is 8.69. The Labute approximate surface area is 110 Å². The van der Waals surface area contributed by atoms with Gasteiger partial charge in [0.05, 0.1) is 6.10 Å². The van der Waals surface area contributed by atoms with E-state index in [9.17, 15) is 4.79 Å². The number of hydrogen-bond donors (Lipinski definition) is 2. The van der Waals surface area contributed by atoms with Crippen LogP contribution in [-0.4, -0.2) is 36.7 Å². The van der Waals surface area contributed by atoms with Crippen molar-refractivity contribution in [2.45, 2.75) is 76.7 Å². The number of nitrogens with one attached hydrogen (secondary N) is 2. The van der Waals surface area contributed by atoms with Crippen LogP contribution in [0.3, 0.4) is 0 Å². The Kier molecular flexibility index (Phi) is 5.01. The minimum Gasteiger partial charge on any atom is -0.365 e. The van der Waals surface area contributed by atoms with Gasteiger partial charge in [-0.1, -0.05) is 6.92 Å². The van der Waals surface area contributed by atoms with Crippen molar-refractivity contribution in [3.05, 3.63) is 0 Å². The molecule has 1 aliphatic carbocycles. The van der Waals surface area contributed by atoms with E-state index < -0.39 is 0 Å². The average Bonchev–Trinajstić information content (AvgIpc) is 2.79. The third-order valence-electron chi connectivity index (χ3n) is 4.09. The summed E-state index contributed by atoms with van der Waals surface area (Å²) in [6, 6.07) is 0.998. The van der Waals surface area contributed by atoms with E-state index in [1.807, 2.05) is 6.92 Å². The van der Waals surface area contributed by atoms with Crippen LogP contribution < -0.4 is 10.6 Å². The fourth-order valence-electron chi connectivity index (χ4n) is 3.02. The molecule has 1 saturated heterocycles. The van der Waals surface area contributed by atoms with E-state index in [-0.39, 0.29) is 18.1 Å². The van der Waals surface area contributed by atoms with Crippen LogP contribution in [0.25, 0.3) is 0 Å². The first-order valence-electron chi connectivity index (χ1n) is 7.38. The average molecular weight is 254 g/mol. The molecule has 0 aromatic carbocycles. The van der Waals surface area contributed by atoms with E-state index in [0.29, 0.717) is 12.1 Å². The molecule has 1 heterocycles. The Bertz CT molecular complexity index is 275. The monoisotopic (exact) mass is 254 g/mol. The molecule has 0 radical (unpaired) electrons. The van der Waals surface area contributed by atoms with Gasteiger partial charge in [0.15, 0.2) is 0 Å². The van der Waals surface area contributed by atoms with Crippen LogP contribution in [-0.2, 0) is 9.53 Å². The van der Waals surface area contributed by atoms with Crippen LogP contribution >= 0.6 is 0 Å². The lowest BCUT2D eigenvalue weighted by Gasteiger charge is -2.30. The second-order valence-electron chi connectivity index (χ2n) is 5.63. The molecule has 2 rings (SSSR count). The number of hydrogen-bond acceptors (Lipinski definition) is 3. The SMILES string of the molecule is CCNC1CCC(NC(=O)C2CCC(C)O2)CC1. The van der Waals surface area contributed by atoms with Gasteiger partial charge in [0, 0.05) is 12.1 Å². The maximum absolute atomic E-state index is 12.0. The maximum Gasteiger partial charge on any atom is 0.249 e. The van der Waals surface area contributed by atoms with Crippen molar-refractivity contribution in [1.29, 1.82) is 0 Å². The van der Waals surface area contributed by atoms with Crippen LogP contribution in [0.15, 0.2) is 0 Å². The molecule has 4 nitrogen and oxygen atoms in total. The summed E-state index contributed by atoms with van der Waals surface area (Å²) in [5, 5.41) is 6.63. The Morgan fingerprint density at radius 3 is 2.33 bits per heavy atom. The second-order valence-corrected chi connectivity index (χ2v) is 5.63. The first-order valence-corrected chi connectivity index (χ1v) is 7.38. The van der Waals surface area contributed by atoms with Crippen LogP contribution in [0.2, 0.25) is 0 Å². The Morgan fingerprint density at radius 1 is 1.11 bits per heavy atom. The number of carbonyl (C=O) groups excluding carboxylic acids is 1. The van der Waals surface area contributed by atoms with E-state index >= 15 is 0 Å². The van der Waals surface area contributed by atoms with Crippen LogP contribution in [0, 0.1) is 0 Å². The zero-order valence-electron chi connectivity index (χ0n) is 11.6. The standard InChI is InChI=1S/C14H26N2O2/c1-3-15-11-5-7-12(8-6-11)16-14(17)13-9-4-10(2)18-13/h10-13,15H,3-9H2,1-2H3,(H,16,17). The van der Waals surface area contributed by atoms with Crippen molar-refractivity contribution < 1.29 is 9.53 Å². The third kappa shape index (κ3) is 3.69. The van der Waals surface area contributed by atoms with E-state index in [2.05, 4.69) is 17.6 Å².